The van der Waals surface area contributed by atoms with E-state index in [1.165, 1.54) is 11.8 Å². The minimum atomic E-state index is -0.280. The van der Waals surface area contributed by atoms with Gasteiger partial charge in [0.05, 0.1) is 12.3 Å². The third-order valence-electron chi connectivity index (χ3n) is 5.53. The number of ether oxygens (including phenoxy) is 2. The van der Waals surface area contributed by atoms with Gasteiger partial charge in [-0.25, -0.2) is 4.79 Å². The fourth-order valence-electron chi connectivity index (χ4n) is 3.98. The first-order valence-corrected chi connectivity index (χ1v) is 11.5. The first-order valence-electron chi connectivity index (χ1n) is 10.5. The Kier molecular flexibility index (Phi) is 5.81. The van der Waals surface area contributed by atoms with Crippen LogP contribution in [0.5, 0.6) is 11.5 Å². The first-order chi connectivity index (χ1) is 15.7. The van der Waals surface area contributed by atoms with Crippen molar-refractivity contribution in [3.05, 3.63) is 75.6 Å². The molecule has 0 spiro atoms. The summed E-state index contributed by atoms with van der Waals surface area (Å²) >= 11 is 1.32. The molecular formula is C23H22N4O4S. The minimum Gasteiger partial charge on any atom is -0.454 e. The van der Waals surface area contributed by atoms with Crippen LogP contribution in [-0.2, 0) is 30.7 Å². The van der Waals surface area contributed by atoms with Crippen molar-refractivity contribution >= 4 is 17.7 Å². The summed E-state index contributed by atoms with van der Waals surface area (Å²) < 4.78 is 12.4. The average molecular weight is 451 g/mol. The molecule has 0 saturated heterocycles. The summed E-state index contributed by atoms with van der Waals surface area (Å²) in [4.78, 5) is 33.6. The maximum atomic E-state index is 12.7. The van der Waals surface area contributed by atoms with Crippen LogP contribution in [0.4, 0.5) is 0 Å². The summed E-state index contributed by atoms with van der Waals surface area (Å²) in [6, 6.07) is 9.42. The number of carbonyl (C=O) groups excluding carboxylic acids is 1. The van der Waals surface area contributed by atoms with Crippen LogP contribution in [0.1, 0.15) is 28.8 Å². The average Bonchev–Trinajstić information content (AvgIpc) is 3.48. The number of thioether (sulfide) groups is 1. The Morgan fingerprint density at radius 2 is 2.06 bits per heavy atom. The van der Waals surface area contributed by atoms with Crippen molar-refractivity contribution < 1.29 is 14.3 Å². The van der Waals surface area contributed by atoms with Crippen molar-refractivity contribution in [1.82, 2.24) is 19.9 Å². The smallest absolute Gasteiger partial charge is 0.349 e. The number of hydrogen-bond donors (Lipinski definition) is 1. The fourth-order valence-corrected chi connectivity index (χ4v) is 4.89. The second kappa shape index (κ2) is 9.04. The molecule has 1 aliphatic carbocycles. The molecule has 8 nitrogen and oxygen atoms in total. The molecule has 32 heavy (non-hydrogen) atoms. The van der Waals surface area contributed by atoms with Crippen molar-refractivity contribution in [2.24, 2.45) is 0 Å². The number of rotatable bonds is 7. The molecule has 3 heterocycles. The van der Waals surface area contributed by atoms with E-state index >= 15 is 0 Å². The van der Waals surface area contributed by atoms with Gasteiger partial charge in [-0.1, -0.05) is 23.9 Å². The van der Waals surface area contributed by atoms with E-state index in [-0.39, 0.29) is 24.1 Å². The van der Waals surface area contributed by atoms with Crippen molar-refractivity contribution in [2.75, 3.05) is 12.5 Å². The lowest BCUT2D eigenvalue weighted by Gasteiger charge is -2.14. The van der Waals surface area contributed by atoms with Crippen LogP contribution in [0.2, 0.25) is 0 Å². The number of aromatic nitrogens is 3. The van der Waals surface area contributed by atoms with Crippen LogP contribution in [-0.4, -0.2) is 33.0 Å². The fraction of sp³-hybridized carbons (Fsp3) is 0.304. The van der Waals surface area contributed by atoms with E-state index in [1.807, 2.05) is 30.3 Å². The largest absolute Gasteiger partial charge is 0.454 e. The number of fused-ring (bicyclic) bond motifs is 2. The SMILES string of the molecule is O=C(CSc1nc(=O)n(Cc2cccnc2)c2c1CCC2)NCc1ccc2c(c1)OCO2. The normalized spacial score (nSPS) is 13.8. The Morgan fingerprint density at radius 1 is 1.16 bits per heavy atom. The molecule has 0 saturated carbocycles. The summed E-state index contributed by atoms with van der Waals surface area (Å²) in [6.07, 6.45) is 6.18. The number of amides is 1. The Hall–Kier alpha value is -3.33. The molecule has 1 N–H and O–H groups in total. The van der Waals surface area contributed by atoms with Gasteiger partial charge in [0.15, 0.2) is 11.5 Å². The third-order valence-corrected chi connectivity index (χ3v) is 6.55. The molecule has 9 heteroatoms. The molecular weight excluding hydrogens is 428 g/mol. The highest BCUT2D eigenvalue weighted by molar-refractivity contribution is 7.99. The lowest BCUT2D eigenvalue weighted by molar-refractivity contribution is -0.118. The Bertz CT molecular complexity index is 1210. The van der Waals surface area contributed by atoms with Crippen molar-refractivity contribution in [3.63, 3.8) is 0 Å². The highest BCUT2D eigenvalue weighted by atomic mass is 32.2. The Labute approximate surface area is 189 Å². The Balaban J connectivity index is 1.23. The van der Waals surface area contributed by atoms with Gasteiger partial charge >= 0.3 is 5.69 Å². The summed E-state index contributed by atoms with van der Waals surface area (Å²) in [7, 11) is 0. The summed E-state index contributed by atoms with van der Waals surface area (Å²) in [5, 5.41) is 3.58. The highest BCUT2D eigenvalue weighted by Gasteiger charge is 2.22. The van der Waals surface area contributed by atoms with Gasteiger partial charge in [0, 0.05) is 30.2 Å². The van der Waals surface area contributed by atoms with Crippen molar-refractivity contribution in [3.8, 4) is 11.5 Å². The van der Waals surface area contributed by atoms with Gasteiger partial charge in [0.25, 0.3) is 0 Å². The van der Waals surface area contributed by atoms with Gasteiger partial charge in [-0.15, -0.1) is 0 Å². The first kappa shape index (κ1) is 20.6. The van der Waals surface area contributed by atoms with Gasteiger partial charge in [-0.05, 0) is 48.6 Å². The summed E-state index contributed by atoms with van der Waals surface area (Å²) in [5.41, 5.74) is 3.73. The molecule has 164 valence electrons. The van der Waals surface area contributed by atoms with E-state index < -0.39 is 0 Å². The van der Waals surface area contributed by atoms with Gasteiger partial charge < -0.3 is 14.8 Å². The maximum absolute atomic E-state index is 12.7. The van der Waals surface area contributed by atoms with E-state index in [0.717, 1.165) is 41.6 Å². The van der Waals surface area contributed by atoms with Crippen molar-refractivity contribution in [1.29, 1.82) is 0 Å². The number of nitrogens with one attached hydrogen (secondary N) is 1. The molecule has 0 radical (unpaired) electrons. The Morgan fingerprint density at radius 3 is 2.94 bits per heavy atom. The molecule has 0 atom stereocenters. The number of hydrogen-bond acceptors (Lipinski definition) is 7. The number of benzene rings is 1. The lowest BCUT2D eigenvalue weighted by atomic mass is 10.2. The zero-order chi connectivity index (χ0) is 21.9. The third kappa shape index (κ3) is 4.34. The zero-order valence-corrected chi connectivity index (χ0v) is 18.2. The summed E-state index contributed by atoms with van der Waals surface area (Å²) in [6.45, 7) is 1.08. The van der Waals surface area contributed by atoms with E-state index in [4.69, 9.17) is 9.47 Å². The standard InChI is InChI=1S/C23H22N4O4S/c28-21(25-11-15-6-7-19-20(9-15)31-14-30-19)13-32-22-17-4-1-5-18(17)27(23(29)26-22)12-16-3-2-8-24-10-16/h2-3,6-10H,1,4-5,11-14H2,(H,25,28). The van der Waals surface area contributed by atoms with Crippen LogP contribution in [0.3, 0.4) is 0 Å². The van der Waals surface area contributed by atoms with Gasteiger partial charge in [0.2, 0.25) is 12.7 Å². The molecule has 1 aliphatic heterocycles. The van der Waals surface area contributed by atoms with E-state index in [0.29, 0.717) is 29.6 Å². The number of carbonyl (C=O) groups is 1. The molecule has 1 amide bonds. The second-order valence-corrected chi connectivity index (χ2v) is 8.64. The van der Waals surface area contributed by atoms with Crippen molar-refractivity contribution in [2.45, 2.75) is 37.4 Å². The number of nitrogens with zero attached hydrogens (tertiary/aromatic N) is 3. The molecule has 0 unspecified atom stereocenters. The molecule has 1 aromatic carbocycles. The molecule has 0 bridgehead atoms. The minimum absolute atomic E-state index is 0.110. The van der Waals surface area contributed by atoms with E-state index in [2.05, 4.69) is 15.3 Å². The van der Waals surface area contributed by atoms with Crippen LogP contribution < -0.4 is 20.5 Å². The number of pyridine rings is 1. The van der Waals surface area contributed by atoms with Crippen LogP contribution >= 0.6 is 11.8 Å². The summed E-state index contributed by atoms with van der Waals surface area (Å²) in [5.74, 6) is 1.50. The lowest BCUT2D eigenvalue weighted by Crippen LogP contribution is -2.28. The van der Waals surface area contributed by atoms with Gasteiger partial charge in [-0.2, -0.15) is 4.98 Å². The van der Waals surface area contributed by atoms with E-state index in [1.54, 1.807) is 17.0 Å². The molecule has 0 fully saturated rings. The van der Waals surface area contributed by atoms with Crippen LogP contribution in [0.25, 0.3) is 0 Å². The van der Waals surface area contributed by atoms with Crippen LogP contribution in [0.15, 0.2) is 52.5 Å². The maximum Gasteiger partial charge on any atom is 0.349 e. The van der Waals surface area contributed by atoms with Crippen LogP contribution in [0, 0.1) is 0 Å². The molecule has 2 aliphatic rings. The quantitative estimate of drug-likeness (QED) is 0.436. The molecule has 3 aromatic rings. The van der Waals surface area contributed by atoms with E-state index in [9.17, 15) is 9.59 Å². The molecule has 2 aromatic heterocycles. The van der Waals surface area contributed by atoms with Gasteiger partial charge in [0.1, 0.15) is 5.03 Å². The monoisotopic (exact) mass is 450 g/mol. The van der Waals surface area contributed by atoms with Gasteiger partial charge in [-0.3, -0.25) is 14.3 Å². The molecule has 5 rings (SSSR count). The second-order valence-electron chi connectivity index (χ2n) is 7.68. The zero-order valence-electron chi connectivity index (χ0n) is 17.4. The highest BCUT2D eigenvalue weighted by Crippen LogP contribution is 2.32. The topological polar surface area (TPSA) is 95.3 Å². The predicted molar refractivity (Wildman–Crippen MR) is 119 cm³/mol. The predicted octanol–water partition coefficient (Wildman–Crippen LogP) is 2.31.